The molecule has 0 fully saturated rings. The summed E-state index contributed by atoms with van der Waals surface area (Å²) in [5, 5.41) is 0. The van der Waals surface area contributed by atoms with E-state index in [1.54, 1.807) is 6.92 Å². The van der Waals surface area contributed by atoms with Crippen LogP contribution in [0.15, 0.2) is 12.3 Å². The molecule has 0 amide bonds. The zero-order valence-electron chi connectivity index (χ0n) is 7.08. The average Bonchev–Trinajstić information content (AvgIpc) is 2.05. The highest BCUT2D eigenvalue weighted by atomic mass is 16.5. The molecule has 0 unspecified atom stereocenters. The minimum atomic E-state index is -0.404. The Bertz CT molecular complexity index is 188. The molecular weight excluding hydrogens is 156 g/mol. The van der Waals surface area contributed by atoms with Crippen molar-refractivity contribution in [1.82, 2.24) is 0 Å². The Morgan fingerprint density at radius 2 is 2.42 bits per heavy atom. The van der Waals surface area contributed by atoms with E-state index < -0.39 is 5.97 Å². The molecule has 0 radical (unpaired) electrons. The average molecular weight is 168 g/mol. The molecule has 0 aromatic carbocycles. The van der Waals surface area contributed by atoms with Crippen LogP contribution < -0.4 is 0 Å². The maximum Gasteiger partial charge on any atom is 0.333 e. The second kappa shape index (κ2) is 7.67. The highest BCUT2D eigenvalue weighted by Gasteiger charge is 1.91. The first-order valence-corrected chi connectivity index (χ1v) is 3.69. The van der Waals surface area contributed by atoms with E-state index in [2.05, 4.69) is 10.7 Å². The van der Waals surface area contributed by atoms with Crippen LogP contribution in [0.5, 0.6) is 0 Å². The van der Waals surface area contributed by atoms with E-state index in [1.807, 2.05) is 0 Å². The summed E-state index contributed by atoms with van der Waals surface area (Å²) < 4.78 is 9.47. The summed E-state index contributed by atoms with van der Waals surface area (Å²) in [7, 11) is 0. The second-order valence-corrected chi connectivity index (χ2v) is 1.88. The molecule has 0 aromatic heterocycles. The fraction of sp³-hybridized carbons (Fsp3) is 0.444. The predicted molar refractivity (Wildman–Crippen MR) is 45.2 cm³/mol. The first-order chi connectivity index (χ1) is 5.81. The van der Waals surface area contributed by atoms with Crippen LogP contribution in [0.4, 0.5) is 0 Å². The van der Waals surface area contributed by atoms with Crippen molar-refractivity contribution in [2.75, 3.05) is 13.2 Å². The minimum absolute atomic E-state index is 0.369. The summed E-state index contributed by atoms with van der Waals surface area (Å²) >= 11 is 0. The van der Waals surface area contributed by atoms with Crippen molar-refractivity contribution in [3.05, 3.63) is 12.3 Å². The van der Waals surface area contributed by atoms with Crippen LogP contribution in [0.25, 0.3) is 0 Å². The molecule has 0 N–H and O–H groups in total. The smallest absolute Gasteiger partial charge is 0.333 e. The number of ether oxygens (including phenoxy) is 2. The van der Waals surface area contributed by atoms with Crippen LogP contribution >= 0.6 is 0 Å². The van der Waals surface area contributed by atoms with Crippen LogP contribution in [0, 0.1) is 12.3 Å². The van der Waals surface area contributed by atoms with Gasteiger partial charge >= 0.3 is 5.97 Å². The lowest BCUT2D eigenvalue weighted by Gasteiger charge is -1.96. The highest BCUT2D eigenvalue weighted by Crippen LogP contribution is 1.84. The number of hydrogen-bond donors (Lipinski definition) is 0. The molecule has 0 heterocycles. The van der Waals surface area contributed by atoms with Gasteiger partial charge in [-0.15, -0.1) is 12.3 Å². The van der Waals surface area contributed by atoms with Gasteiger partial charge < -0.3 is 9.47 Å². The first kappa shape index (κ1) is 10.6. The molecule has 0 atom stereocenters. The van der Waals surface area contributed by atoms with Crippen LogP contribution in [-0.4, -0.2) is 19.2 Å². The van der Waals surface area contributed by atoms with Crippen molar-refractivity contribution in [3.63, 3.8) is 0 Å². The number of terminal acetylenes is 1. The summed E-state index contributed by atoms with van der Waals surface area (Å²) in [5.74, 6) is 2.00. The van der Waals surface area contributed by atoms with Gasteiger partial charge in [-0.1, -0.05) is 0 Å². The summed E-state index contributed by atoms with van der Waals surface area (Å²) in [6, 6.07) is 0. The normalized spacial score (nSPS) is 9.33. The molecule has 0 aromatic rings. The fourth-order valence-corrected chi connectivity index (χ4v) is 0.480. The minimum Gasteiger partial charge on any atom is -0.500 e. The van der Waals surface area contributed by atoms with E-state index in [0.29, 0.717) is 19.6 Å². The van der Waals surface area contributed by atoms with Crippen LogP contribution in [-0.2, 0) is 14.3 Å². The molecule has 0 saturated carbocycles. The molecule has 66 valence electrons. The molecule has 0 rings (SSSR count). The topological polar surface area (TPSA) is 35.5 Å². The van der Waals surface area contributed by atoms with Gasteiger partial charge in [-0.05, 0) is 6.92 Å². The van der Waals surface area contributed by atoms with Crippen molar-refractivity contribution < 1.29 is 14.3 Å². The van der Waals surface area contributed by atoms with E-state index in [1.165, 1.54) is 12.3 Å². The van der Waals surface area contributed by atoms with Crippen molar-refractivity contribution >= 4 is 5.97 Å². The molecule has 0 aliphatic carbocycles. The Morgan fingerprint density at radius 3 is 3.00 bits per heavy atom. The monoisotopic (exact) mass is 168 g/mol. The van der Waals surface area contributed by atoms with Crippen LogP contribution in [0.2, 0.25) is 0 Å². The number of carbonyl (C=O) groups excluding carboxylic acids is 1. The Morgan fingerprint density at radius 1 is 1.67 bits per heavy atom. The molecule has 3 nitrogen and oxygen atoms in total. The van der Waals surface area contributed by atoms with Crippen LogP contribution in [0.3, 0.4) is 0 Å². The van der Waals surface area contributed by atoms with Crippen molar-refractivity contribution in [2.45, 2.75) is 13.3 Å². The molecular formula is C9H12O3. The third-order valence-electron chi connectivity index (χ3n) is 0.951. The van der Waals surface area contributed by atoms with Gasteiger partial charge in [0.25, 0.3) is 0 Å². The van der Waals surface area contributed by atoms with Crippen molar-refractivity contribution in [2.24, 2.45) is 0 Å². The van der Waals surface area contributed by atoms with Gasteiger partial charge in [0.1, 0.15) is 0 Å². The molecule has 0 aliphatic heterocycles. The highest BCUT2D eigenvalue weighted by molar-refractivity contribution is 5.81. The third-order valence-corrected chi connectivity index (χ3v) is 0.951. The maximum atomic E-state index is 10.6. The third kappa shape index (κ3) is 6.69. The summed E-state index contributed by atoms with van der Waals surface area (Å²) in [6.07, 6.45) is 8.02. The van der Waals surface area contributed by atoms with E-state index >= 15 is 0 Å². The Labute approximate surface area is 72.4 Å². The molecule has 12 heavy (non-hydrogen) atoms. The van der Waals surface area contributed by atoms with Crippen molar-refractivity contribution in [3.8, 4) is 12.3 Å². The van der Waals surface area contributed by atoms with Gasteiger partial charge in [0.2, 0.25) is 0 Å². The quantitative estimate of drug-likeness (QED) is 0.203. The van der Waals surface area contributed by atoms with E-state index in [0.717, 1.165) is 0 Å². The molecule has 0 bridgehead atoms. The molecule has 0 aliphatic rings. The zero-order chi connectivity index (χ0) is 9.23. The Hall–Kier alpha value is -1.43. The van der Waals surface area contributed by atoms with E-state index in [-0.39, 0.29) is 0 Å². The number of rotatable bonds is 5. The number of carbonyl (C=O) groups is 1. The summed E-state index contributed by atoms with van der Waals surface area (Å²) in [6.45, 7) is 2.53. The second-order valence-electron chi connectivity index (χ2n) is 1.88. The molecule has 0 spiro atoms. The lowest BCUT2D eigenvalue weighted by Crippen LogP contribution is -1.99. The van der Waals surface area contributed by atoms with E-state index in [4.69, 9.17) is 11.2 Å². The fourth-order valence-electron chi connectivity index (χ4n) is 0.480. The standard InChI is InChI=1S/C9H12O3/c1-3-5-7-11-8-6-9(10)12-4-2/h1,6,8H,4-5,7H2,2H3/b8-6+. The molecule has 0 saturated heterocycles. The summed E-state index contributed by atoms with van der Waals surface area (Å²) in [5.41, 5.74) is 0. The first-order valence-electron chi connectivity index (χ1n) is 3.69. The van der Waals surface area contributed by atoms with Crippen molar-refractivity contribution in [1.29, 1.82) is 0 Å². The van der Waals surface area contributed by atoms with Gasteiger partial charge in [-0.25, -0.2) is 4.79 Å². The van der Waals surface area contributed by atoms with Gasteiger partial charge in [0, 0.05) is 6.42 Å². The van der Waals surface area contributed by atoms with Gasteiger partial charge in [0.15, 0.2) is 0 Å². The van der Waals surface area contributed by atoms with Gasteiger partial charge in [-0.2, -0.15) is 0 Å². The lowest BCUT2D eigenvalue weighted by atomic mass is 10.5. The Kier molecular flexibility index (Phi) is 6.76. The van der Waals surface area contributed by atoms with Gasteiger partial charge in [0.05, 0.1) is 25.6 Å². The lowest BCUT2D eigenvalue weighted by molar-refractivity contribution is -0.137. The SMILES string of the molecule is C#CCCO/C=C/C(=O)OCC. The largest absolute Gasteiger partial charge is 0.500 e. The molecule has 3 heteroatoms. The zero-order valence-corrected chi connectivity index (χ0v) is 7.08. The number of hydrogen-bond acceptors (Lipinski definition) is 3. The van der Waals surface area contributed by atoms with E-state index in [9.17, 15) is 4.79 Å². The number of esters is 1. The summed E-state index contributed by atoms with van der Waals surface area (Å²) in [4.78, 5) is 10.6. The van der Waals surface area contributed by atoms with Crippen LogP contribution in [0.1, 0.15) is 13.3 Å². The predicted octanol–water partition coefficient (Wildman–Crippen LogP) is 1.10. The van der Waals surface area contributed by atoms with Gasteiger partial charge in [-0.3, -0.25) is 0 Å². The maximum absolute atomic E-state index is 10.6. The Balaban J connectivity index is 3.36.